The van der Waals surface area contributed by atoms with Crippen LogP contribution >= 0.6 is 11.6 Å². The number of benzene rings is 2. The summed E-state index contributed by atoms with van der Waals surface area (Å²) in [5, 5.41) is 3.44. The molecule has 0 unspecified atom stereocenters. The lowest BCUT2D eigenvalue weighted by Gasteiger charge is -2.28. The van der Waals surface area contributed by atoms with Crippen molar-refractivity contribution in [3.63, 3.8) is 0 Å². The summed E-state index contributed by atoms with van der Waals surface area (Å²) in [6.45, 7) is 2.70. The van der Waals surface area contributed by atoms with Crippen molar-refractivity contribution < 1.29 is 4.79 Å². The molecule has 0 bridgehead atoms. The number of amides is 1. The number of carbonyl (C=O) groups is 1. The van der Waals surface area contributed by atoms with Gasteiger partial charge in [0.15, 0.2) is 0 Å². The van der Waals surface area contributed by atoms with E-state index in [1.54, 1.807) is 6.07 Å². The number of nitrogens with zero attached hydrogens (tertiary/aromatic N) is 1. The zero-order valence-corrected chi connectivity index (χ0v) is 13.1. The number of carbonyl (C=O) groups excluding carboxylic acids is 1. The maximum atomic E-state index is 12.1. The summed E-state index contributed by atoms with van der Waals surface area (Å²) in [5.41, 5.74) is 3.48. The summed E-state index contributed by atoms with van der Waals surface area (Å²) in [5.74, 6) is 0.00644. The number of anilines is 1. The van der Waals surface area contributed by atoms with Gasteiger partial charge in [-0.3, -0.25) is 9.69 Å². The van der Waals surface area contributed by atoms with Crippen molar-refractivity contribution in [1.82, 2.24) is 4.90 Å². The summed E-state index contributed by atoms with van der Waals surface area (Å²) in [7, 11) is 0. The average Bonchev–Trinajstić information content (AvgIpc) is 2.55. The smallest absolute Gasteiger partial charge is 0.225 e. The Kier molecular flexibility index (Phi) is 4.76. The molecule has 1 aliphatic rings. The van der Waals surface area contributed by atoms with Crippen LogP contribution in [0.2, 0.25) is 5.02 Å². The predicted octanol–water partition coefficient (Wildman–Crippen LogP) is 3.73. The first-order chi connectivity index (χ1) is 10.7. The molecular weight excluding hydrogens is 296 g/mol. The SMILES string of the molecule is O=C(CCN1CCc2ccccc2C1)Nc1ccccc1Cl. The Balaban J connectivity index is 1.51. The third-order valence-electron chi connectivity index (χ3n) is 4.01. The average molecular weight is 315 g/mol. The molecule has 114 valence electrons. The van der Waals surface area contributed by atoms with Gasteiger partial charge in [-0.05, 0) is 29.7 Å². The fourth-order valence-corrected chi connectivity index (χ4v) is 2.96. The second-order valence-electron chi connectivity index (χ2n) is 5.57. The molecule has 1 aliphatic heterocycles. The lowest BCUT2D eigenvalue weighted by atomic mass is 10.00. The first kappa shape index (κ1) is 15.1. The molecule has 4 heteroatoms. The molecule has 2 aromatic rings. The third-order valence-corrected chi connectivity index (χ3v) is 4.34. The molecule has 0 saturated carbocycles. The molecule has 0 aromatic heterocycles. The summed E-state index contributed by atoms with van der Waals surface area (Å²) >= 11 is 6.05. The van der Waals surface area contributed by atoms with Crippen LogP contribution in [0.4, 0.5) is 5.69 Å². The Morgan fingerprint density at radius 2 is 1.82 bits per heavy atom. The normalized spacial score (nSPS) is 14.4. The van der Waals surface area contributed by atoms with Gasteiger partial charge < -0.3 is 5.32 Å². The van der Waals surface area contributed by atoms with E-state index in [9.17, 15) is 4.79 Å². The molecule has 1 N–H and O–H groups in total. The molecule has 2 aromatic carbocycles. The standard InChI is InChI=1S/C18H19ClN2O/c19-16-7-3-4-8-17(16)20-18(22)10-12-21-11-9-14-5-1-2-6-15(14)13-21/h1-8H,9-13H2,(H,20,22). The second-order valence-corrected chi connectivity index (χ2v) is 5.98. The molecule has 0 radical (unpaired) electrons. The molecule has 0 saturated heterocycles. The van der Waals surface area contributed by atoms with Crippen molar-refractivity contribution in [2.75, 3.05) is 18.4 Å². The van der Waals surface area contributed by atoms with E-state index in [0.29, 0.717) is 17.1 Å². The number of nitrogens with one attached hydrogen (secondary N) is 1. The number of rotatable bonds is 4. The van der Waals surface area contributed by atoms with E-state index >= 15 is 0 Å². The van der Waals surface area contributed by atoms with Gasteiger partial charge >= 0.3 is 0 Å². The van der Waals surface area contributed by atoms with Gasteiger partial charge in [0.2, 0.25) is 5.91 Å². The Labute approximate surface area is 135 Å². The van der Waals surface area contributed by atoms with Crippen LogP contribution in [-0.4, -0.2) is 23.9 Å². The molecule has 3 nitrogen and oxygen atoms in total. The van der Waals surface area contributed by atoms with E-state index in [2.05, 4.69) is 34.5 Å². The minimum atomic E-state index is 0.00644. The van der Waals surface area contributed by atoms with Gasteiger partial charge in [-0.15, -0.1) is 0 Å². The number of hydrogen-bond donors (Lipinski definition) is 1. The molecule has 0 spiro atoms. The van der Waals surface area contributed by atoms with Gasteiger partial charge in [0.25, 0.3) is 0 Å². The van der Waals surface area contributed by atoms with E-state index in [-0.39, 0.29) is 5.91 Å². The van der Waals surface area contributed by atoms with Crippen molar-refractivity contribution in [2.45, 2.75) is 19.4 Å². The summed E-state index contributed by atoms with van der Waals surface area (Å²) in [4.78, 5) is 14.4. The molecular formula is C18H19ClN2O. The van der Waals surface area contributed by atoms with Crippen molar-refractivity contribution in [1.29, 1.82) is 0 Å². The number of para-hydroxylation sites is 1. The summed E-state index contributed by atoms with van der Waals surface area (Å²) < 4.78 is 0. The molecule has 1 amide bonds. The minimum Gasteiger partial charge on any atom is -0.325 e. The Hall–Kier alpha value is -1.84. The fraction of sp³-hybridized carbons (Fsp3) is 0.278. The van der Waals surface area contributed by atoms with Gasteiger partial charge in [0.1, 0.15) is 0 Å². The van der Waals surface area contributed by atoms with E-state index in [1.807, 2.05) is 18.2 Å². The van der Waals surface area contributed by atoms with E-state index < -0.39 is 0 Å². The van der Waals surface area contributed by atoms with E-state index in [1.165, 1.54) is 11.1 Å². The molecule has 0 fully saturated rings. The topological polar surface area (TPSA) is 32.3 Å². The summed E-state index contributed by atoms with van der Waals surface area (Å²) in [6.07, 6.45) is 1.54. The first-order valence-corrected chi connectivity index (χ1v) is 7.94. The fourth-order valence-electron chi connectivity index (χ4n) is 2.78. The van der Waals surface area contributed by atoms with Crippen LogP contribution in [0.3, 0.4) is 0 Å². The van der Waals surface area contributed by atoms with Crippen LogP contribution in [0.5, 0.6) is 0 Å². The van der Waals surface area contributed by atoms with Gasteiger partial charge in [-0.1, -0.05) is 48.0 Å². The molecule has 1 heterocycles. The maximum Gasteiger partial charge on any atom is 0.225 e. The van der Waals surface area contributed by atoms with Crippen molar-refractivity contribution in [2.24, 2.45) is 0 Å². The molecule has 3 rings (SSSR count). The van der Waals surface area contributed by atoms with Crippen LogP contribution in [0, 0.1) is 0 Å². The van der Waals surface area contributed by atoms with Crippen molar-refractivity contribution in [3.8, 4) is 0 Å². The van der Waals surface area contributed by atoms with Crippen LogP contribution < -0.4 is 5.32 Å². The highest BCUT2D eigenvalue weighted by atomic mass is 35.5. The lowest BCUT2D eigenvalue weighted by molar-refractivity contribution is -0.116. The summed E-state index contributed by atoms with van der Waals surface area (Å²) in [6, 6.07) is 15.8. The predicted molar refractivity (Wildman–Crippen MR) is 90.1 cm³/mol. The van der Waals surface area contributed by atoms with Crippen molar-refractivity contribution in [3.05, 3.63) is 64.7 Å². The third kappa shape index (κ3) is 3.67. The quantitative estimate of drug-likeness (QED) is 0.932. The van der Waals surface area contributed by atoms with Crippen LogP contribution in [0.15, 0.2) is 48.5 Å². The van der Waals surface area contributed by atoms with E-state index in [0.717, 1.165) is 26.1 Å². The Morgan fingerprint density at radius 1 is 1.09 bits per heavy atom. The van der Waals surface area contributed by atoms with Gasteiger partial charge in [-0.2, -0.15) is 0 Å². The Bertz CT molecular complexity index is 672. The molecule has 0 atom stereocenters. The number of halogens is 1. The number of fused-ring (bicyclic) bond motifs is 1. The van der Waals surface area contributed by atoms with Crippen LogP contribution in [0.1, 0.15) is 17.5 Å². The van der Waals surface area contributed by atoms with Crippen LogP contribution in [-0.2, 0) is 17.8 Å². The Morgan fingerprint density at radius 3 is 2.64 bits per heavy atom. The number of hydrogen-bond acceptors (Lipinski definition) is 2. The second kappa shape index (κ2) is 6.95. The van der Waals surface area contributed by atoms with Gasteiger partial charge in [0.05, 0.1) is 10.7 Å². The van der Waals surface area contributed by atoms with Gasteiger partial charge in [-0.25, -0.2) is 0 Å². The molecule has 22 heavy (non-hydrogen) atoms. The first-order valence-electron chi connectivity index (χ1n) is 7.56. The van der Waals surface area contributed by atoms with Crippen molar-refractivity contribution >= 4 is 23.2 Å². The largest absolute Gasteiger partial charge is 0.325 e. The lowest BCUT2D eigenvalue weighted by Crippen LogP contribution is -2.33. The van der Waals surface area contributed by atoms with E-state index in [4.69, 9.17) is 11.6 Å². The molecule has 0 aliphatic carbocycles. The van der Waals surface area contributed by atoms with Gasteiger partial charge in [0, 0.05) is 26.1 Å². The minimum absolute atomic E-state index is 0.00644. The zero-order valence-electron chi connectivity index (χ0n) is 12.4. The highest BCUT2D eigenvalue weighted by molar-refractivity contribution is 6.33. The zero-order chi connectivity index (χ0) is 15.4. The maximum absolute atomic E-state index is 12.1. The van der Waals surface area contributed by atoms with Crippen LogP contribution in [0.25, 0.3) is 0 Å². The highest BCUT2D eigenvalue weighted by Gasteiger charge is 2.16. The monoisotopic (exact) mass is 314 g/mol. The highest BCUT2D eigenvalue weighted by Crippen LogP contribution is 2.21.